The van der Waals surface area contributed by atoms with Gasteiger partial charge in [0, 0.05) is 43.4 Å². The van der Waals surface area contributed by atoms with Crippen LogP contribution in [0.5, 0.6) is 5.75 Å². The van der Waals surface area contributed by atoms with E-state index in [2.05, 4.69) is 9.88 Å². The number of rotatable bonds is 4. The summed E-state index contributed by atoms with van der Waals surface area (Å²) >= 11 is 6.46. The Balaban J connectivity index is 1.43. The molecule has 1 aliphatic heterocycles. The Hall–Kier alpha value is -3.64. The summed E-state index contributed by atoms with van der Waals surface area (Å²) in [6.07, 6.45) is 1.72. The summed E-state index contributed by atoms with van der Waals surface area (Å²) in [5, 5.41) is 1.27. The van der Waals surface area contributed by atoms with Crippen LogP contribution in [0.2, 0.25) is 5.02 Å². The van der Waals surface area contributed by atoms with Crippen molar-refractivity contribution in [3.8, 4) is 17.1 Å². The third-order valence-electron chi connectivity index (χ3n) is 5.95. The van der Waals surface area contributed by atoms with Gasteiger partial charge in [-0.1, -0.05) is 29.8 Å². The molecule has 1 saturated heterocycles. The van der Waals surface area contributed by atoms with Crippen molar-refractivity contribution >= 4 is 34.1 Å². The number of carbonyl (C=O) groups excluding carboxylic acids is 1. The maximum Gasteiger partial charge on any atom is 0.254 e. The Morgan fingerprint density at radius 1 is 0.939 bits per heavy atom. The fraction of sp³-hybridized carbons (Fsp3) is 0.192. The van der Waals surface area contributed by atoms with Crippen molar-refractivity contribution in [2.24, 2.45) is 0 Å². The SMILES string of the molecule is COc1ccc(N2CCN(C(=O)c3cc(-c4ccccn4)nc4c(Cl)cccc34)CC2)cc1. The average molecular weight is 459 g/mol. The lowest BCUT2D eigenvalue weighted by atomic mass is 10.0. The fourth-order valence-corrected chi connectivity index (χ4v) is 4.38. The van der Waals surface area contributed by atoms with Crippen molar-refractivity contribution in [1.29, 1.82) is 0 Å². The Labute approximate surface area is 197 Å². The van der Waals surface area contributed by atoms with Crippen molar-refractivity contribution in [3.05, 3.63) is 83.5 Å². The van der Waals surface area contributed by atoms with Crippen LogP contribution in [0.15, 0.2) is 72.9 Å². The quantitative estimate of drug-likeness (QED) is 0.434. The molecule has 1 fully saturated rings. The van der Waals surface area contributed by atoms with E-state index in [1.165, 1.54) is 0 Å². The number of pyridine rings is 2. The summed E-state index contributed by atoms with van der Waals surface area (Å²) in [5.74, 6) is 0.815. The summed E-state index contributed by atoms with van der Waals surface area (Å²) in [7, 11) is 1.66. The molecule has 0 bridgehead atoms. The summed E-state index contributed by atoms with van der Waals surface area (Å²) in [4.78, 5) is 26.9. The zero-order chi connectivity index (χ0) is 22.8. The number of amides is 1. The normalized spacial score (nSPS) is 13.9. The number of nitrogens with zero attached hydrogens (tertiary/aromatic N) is 4. The molecule has 2 aromatic heterocycles. The van der Waals surface area contributed by atoms with Gasteiger partial charge in [-0.05, 0) is 48.5 Å². The Kier molecular flexibility index (Phi) is 5.84. The van der Waals surface area contributed by atoms with E-state index in [0.29, 0.717) is 40.6 Å². The first-order valence-corrected chi connectivity index (χ1v) is 11.2. The van der Waals surface area contributed by atoms with Crippen LogP contribution in [0, 0.1) is 0 Å². The summed E-state index contributed by atoms with van der Waals surface area (Å²) in [5.41, 5.74) is 3.68. The number of halogens is 1. The second kappa shape index (κ2) is 9.08. The van der Waals surface area contributed by atoms with Crippen LogP contribution in [0.3, 0.4) is 0 Å². The highest BCUT2D eigenvalue weighted by Gasteiger charge is 2.25. The first kappa shape index (κ1) is 21.2. The molecule has 6 nitrogen and oxygen atoms in total. The van der Waals surface area contributed by atoms with Crippen LogP contribution >= 0.6 is 11.6 Å². The molecule has 0 saturated carbocycles. The van der Waals surface area contributed by atoms with Gasteiger partial charge in [-0.15, -0.1) is 0 Å². The number of benzene rings is 2. The van der Waals surface area contributed by atoms with E-state index in [4.69, 9.17) is 21.3 Å². The van der Waals surface area contributed by atoms with Gasteiger partial charge in [0.15, 0.2) is 0 Å². The number of para-hydroxylation sites is 1. The lowest BCUT2D eigenvalue weighted by molar-refractivity contribution is 0.0748. The van der Waals surface area contributed by atoms with E-state index in [0.717, 1.165) is 29.9 Å². The lowest BCUT2D eigenvalue weighted by Crippen LogP contribution is -2.48. The van der Waals surface area contributed by atoms with Gasteiger partial charge in [0.05, 0.1) is 34.6 Å². The van der Waals surface area contributed by atoms with Crippen molar-refractivity contribution < 1.29 is 9.53 Å². The third kappa shape index (κ3) is 4.22. The average Bonchev–Trinajstić information content (AvgIpc) is 2.89. The van der Waals surface area contributed by atoms with E-state index in [1.54, 1.807) is 19.4 Å². The molecule has 0 unspecified atom stereocenters. The van der Waals surface area contributed by atoms with E-state index < -0.39 is 0 Å². The number of piperazine rings is 1. The molecule has 3 heterocycles. The smallest absolute Gasteiger partial charge is 0.254 e. The molecule has 166 valence electrons. The molecule has 0 N–H and O–H groups in total. The van der Waals surface area contributed by atoms with Crippen LogP contribution in [-0.2, 0) is 0 Å². The summed E-state index contributed by atoms with van der Waals surface area (Å²) in [6, 6.07) is 21.0. The van der Waals surface area contributed by atoms with Crippen LogP contribution in [0.25, 0.3) is 22.3 Å². The Morgan fingerprint density at radius 3 is 2.42 bits per heavy atom. The van der Waals surface area contributed by atoms with E-state index >= 15 is 0 Å². The molecular weight excluding hydrogens is 436 g/mol. The van der Waals surface area contributed by atoms with Crippen LogP contribution < -0.4 is 9.64 Å². The number of carbonyl (C=O) groups is 1. The summed E-state index contributed by atoms with van der Waals surface area (Å²) in [6.45, 7) is 2.78. The van der Waals surface area contributed by atoms with E-state index in [9.17, 15) is 4.79 Å². The topological polar surface area (TPSA) is 58.6 Å². The molecule has 4 aromatic rings. The van der Waals surface area contributed by atoms with Gasteiger partial charge >= 0.3 is 0 Å². The number of hydrogen-bond donors (Lipinski definition) is 0. The lowest BCUT2D eigenvalue weighted by Gasteiger charge is -2.36. The molecule has 1 aliphatic rings. The molecule has 0 radical (unpaired) electrons. The molecule has 0 aliphatic carbocycles. The maximum absolute atomic E-state index is 13.6. The van der Waals surface area contributed by atoms with Gasteiger partial charge in [0.25, 0.3) is 5.91 Å². The number of ether oxygens (including phenoxy) is 1. The van der Waals surface area contributed by atoms with Gasteiger partial charge < -0.3 is 14.5 Å². The molecule has 33 heavy (non-hydrogen) atoms. The highest BCUT2D eigenvalue weighted by molar-refractivity contribution is 6.35. The molecule has 0 spiro atoms. The maximum atomic E-state index is 13.6. The van der Waals surface area contributed by atoms with Gasteiger partial charge in [0.1, 0.15) is 5.75 Å². The Morgan fingerprint density at radius 2 is 1.73 bits per heavy atom. The minimum atomic E-state index is -0.0174. The van der Waals surface area contributed by atoms with Crippen molar-refractivity contribution in [3.63, 3.8) is 0 Å². The van der Waals surface area contributed by atoms with Crippen LogP contribution in [-0.4, -0.2) is 54.1 Å². The standard InChI is InChI=1S/C26H23ClN4O2/c1-33-19-10-8-18(9-11-19)30-13-15-31(16-14-30)26(32)21-17-24(23-7-2-3-12-28-23)29-25-20(21)5-4-6-22(25)27/h2-12,17H,13-16H2,1H3. The number of methoxy groups -OCH3 is 1. The zero-order valence-electron chi connectivity index (χ0n) is 18.2. The molecule has 7 heteroatoms. The van der Waals surface area contributed by atoms with E-state index in [-0.39, 0.29) is 5.91 Å². The minimum Gasteiger partial charge on any atom is -0.497 e. The largest absolute Gasteiger partial charge is 0.497 e. The number of hydrogen-bond acceptors (Lipinski definition) is 5. The first-order valence-electron chi connectivity index (χ1n) is 10.8. The second-order valence-corrected chi connectivity index (χ2v) is 8.29. The van der Waals surface area contributed by atoms with Crippen molar-refractivity contribution in [1.82, 2.24) is 14.9 Å². The van der Waals surface area contributed by atoms with E-state index in [1.807, 2.05) is 65.6 Å². The molecule has 2 aromatic carbocycles. The van der Waals surface area contributed by atoms with Gasteiger partial charge in [-0.3, -0.25) is 9.78 Å². The number of anilines is 1. The fourth-order valence-electron chi connectivity index (χ4n) is 4.17. The second-order valence-electron chi connectivity index (χ2n) is 7.88. The number of aromatic nitrogens is 2. The first-order chi connectivity index (χ1) is 16.1. The van der Waals surface area contributed by atoms with Gasteiger partial charge in [-0.25, -0.2) is 4.98 Å². The number of fused-ring (bicyclic) bond motifs is 1. The predicted molar refractivity (Wildman–Crippen MR) is 131 cm³/mol. The third-order valence-corrected chi connectivity index (χ3v) is 6.26. The molecular formula is C26H23ClN4O2. The van der Waals surface area contributed by atoms with Crippen LogP contribution in [0.1, 0.15) is 10.4 Å². The monoisotopic (exact) mass is 458 g/mol. The molecule has 1 amide bonds. The predicted octanol–water partition coefficient (Wildman–Crippen LogP) is 4.92. The van der Waals surface area contributed by atoms with Crippen molar-refractivity contribution in [2.45, 2.75) is 0 Å². The molecule has 5 rings (SSSR count). The van der Waals surface area contributed by atoms with Crippen LogP contribution in [0.4, 0.5) is 5.69 Å². The molecule has 0 atom stereocenters. The highest BCUT2D eigenvalue weighted by atomic mass is 35.5. The van der Waals surface area contributed by atoms with Gasteiger partial charge in [-0.2, -0.15) is 0 Å². The summed E-state index contributed by atoms with van der Waals surface area (Å²) < 4.78 is 5.25. The Bertz CT molecular complexity index is 1290. The van der Waals surface area contributed by atoms with Crippen molar-refractivity contribution in [2.75, 3.05) is 38.2 Å². The van der Waals surface area contributed by atoms with Gasteiger partial charge in [0.2, 0.25) is 0 Å². The zero-order valence-corrected chi connectivity index (χ0v) is 19.0. The highest BCUT2D eigenvalue weighted by Crippen LogP contribution is 2.30. The minimum absolute atomic E-state index is 0.0174.